The smallest absolute Gasteiger partial charge is 0.261 e. The lowest BCUT2D eigenvalue weighted by molar-refractivity contribution is 0.0928. The van der Waals surface area contributed by atoms with Gasteiger partial charge in [0, 0.05) is 17.6 Å². The van der Waals surface area contributed by atoms with E-state index < -0.39 is 6.10 Å². The predicted molar refractivity (Wildman–Crippen MR) is 98.6 cm³/mol. The van der Waals surface area contributed by atoms with Gasteiger partial charge >= 0.3 is 0 Å². The van der Waals surface area contributed by atoms with Gasteiger partial charge in [-0.3, -0.25) is 4.79 Å². The molecule has 0 radical (unpaired) electrons. The van der Waals surface area contributed by atoms with Crippen molar-refractivity contribution in [2.24, 2.45) is 11.3 Å². The summed E-state index contributed by atoms with van der Waals surface area (Å²) in [5.41, 5.74) is 2.84. The average molecular weight is 346 g/mol. The van der Waals surface area contributed by atoms with Gasteiger partial charge in [-0.25, -0.2) is 4.98 Å². The van der Waals surface area contributed by atoms with Crippen LogP contribution in [0.2, 0.25) is 0 Å². The number of aliphatic hydroxyl groups is 1. The van der Waals surface area contributed by atoms with Gasteiger partial charge < -0.3 is 10.4 Å². The number of thiophene rings is 1. The summed E-state index contributed by atoms with van der Waals surface area (Å²) in [6.45, 7) is 8.86. The van der Waals surface area contributed by atoms with Gasteiger partial charge in [-0.05, 0) is 55.2 Å². The third-order valence-corrected chi connectivity index (χ3v) is 5.92. The largest absolute Gasteiger partial charge is 0.392 e. The summed E-state index contributed by atoms with van der Waals surface area (Å²) in [7, 11) is 0. The Morgan fingerprint density at radius 2 is 2.21 bits per heavy atom. The maximum atomic E-state index is 12.2. The molecule has 1 aliphatic carbocycles. The highest BCUT2D eigenvalue weighted by molar-refractivity contribution is 7.20. The summed E-state index contributed by atoms with van der Waals surface area (Å²) in [6.07, 6.45) is 2.74. The number of hydrogen-bond acceptors (Lipinski definition) is 4. The normalized spacial score (nSPS) is 19.1. The molecule has 2 N–H and O–H groups in total. The van der Waals surface area contributed by atoms with Crippen molar-refractivity contribution in [3.8, 4) is 0 Å². The number of pyridine rings is 1. The molecular formula is C19H26N2O2S. The predicted octanol–water partition coefficient (Wildman–Crippen LogP) is 3.56. The van der Waals surface area contributed by atoms with E-state index >= 15 is 0 Å². The highest BCUT2D eigenvalue weighted by atomic mass is 32.1. The van der Waals surface area contributed by atoms with Crippen LogP contribution in [0.5, 0.6) is 0 Å². The molecule has 1 amide bonds. The maximum absolute atomic E-state index is 12.2. The molecule has 3 rings (SSSR count). The molecule has 0 aromatic carbocycles. The lowest BCUT2D eigenvalue weighted by Crippen LogP contribution is -2.29. The van der Waals surface area contributed by atoms with E-state index in [9.17, 15) is 9.90 Å². The van der Waals surface area contributed by atoms with Crippen LogP contribution in [-0.2, 0) is 12.8 Å². The quantitative estimate of drug-likeness (QED) is 0.893. The Balaban J connectivity index is 1.86. The van der Waals surface area contributed by atoms with E-state index in [1.807, 2.05) is 6.07 Å². The molecule has 2 aromatic heterocycles. The van der Waals surface area contributed by atoms with Crippen LogP contribution in [0.1, 0.15) is 55.0 Å². The van der Waals surface area contributed by atoms with Crippen molar-refractivity contribution < 1.29 is 9.90 Å². The van der Waals surface area contributed by atoms with Crippen LogP contribution in [0.3, 0.4) is 0 Å². The zero-order valence-corrected chi connectivity index (χ0v) is 15.7. The molecule has 2 atom stereocenters. The van der Waals surface area contributed by atoms with Crippen LogP contribution >= 0.6 is 11.3 Å². The molecule has 2 heterocycles. The Bertz CT molecular complexity index is 759. The topological polar surface area (TPSA) is 62.2 Å². The average Bonchev–Trinajstić information content (AvgIpc) is 2.91. The number of fused-ring (bicyclic) bond motifs is 2. The second-order valence-corrected chi connectivity index (χ2v) is 8.99. The summed E-state index contributed by atoms with van der Waals surface area (Å²) < 4.78 is 0. The third kappa shape index (κ3) is 3.62. The minimum Gasteiger partial charge on any atom is -0.392 e. The number of amides is 1. The Labute approximate surface area is 147 Å². The first-order valence-electron chi connectivity index (χ1n) is 8.62. The van der Waals surface area contributed by atoms with Gasteiger partial charge in [0.05, 0.1) is 11.0 Å². The van der Waals surface area contributed by atoms with Gasteiger partial charge in [-0.1, -0.05) is 20.8 Å². The molecule has 2 unspecified atom stereocenters. The number of carbonyl (C=O) groups excluding carboxylic acids is 1. The zero-order chi connectivity index (χ0) is 17.5. The first-order valence-corrected chi connectivity index (χ1v) is 9.44. The van der Waals surface area contributed by atoms with Gasteiger partial charge in [0.25, 0.3) is 5.91 Å². The highest BCUT2D eigenvalue weighted by Crippen LogP contribution is 2.38. The van der Waals surface area contributed by atoms with E-state index in [-0.39, 0.29) is 12.5 Å². The summed E-state index contributed by atoms with van der Waals surface area (Å²) in [4.78, 5) is 18.6. The lowest BCUT2D eigenvalue weighted by atomic mass is 9.71. The highest BCUT2D eigenvalue weighted by Gasteiger charge is 2.29. The first kappa shape index (κ1) is 17.4. The fourth-order valence-electron chi connectivity index (χ4n) is 3.30. The molecule has 0 saturated heterocycles. The molecule has 0 saturated carbocycles. The SMILES string of the molecule is CC(O)CNC(=O)c1cc2cc3c(nc2s1)CCC(C(C)(C)C)C3. The number of nitrogens with zero attached hydrogens (tertiary/aromatic N) is 1. The van der Waals surface area contributed by atoms with Gasteiger partial charge in [0.1, 0.15) is 4.83 Å². The van der Waals surface area contributed by atoms with E-state index in [0.29, 0.717) is 16.2 Å². The van der Waals surface area contributed by atoms with E-state index in [1.54, 1.807) is 6.92 Å². The molecular weight excluding hydrogens is 320 g/mol. The number of carbonyl (C=O) groups is 1. The lowest BCUT2D eigenvalue weighted by Gasteiger charge is -2.34. The molecule has 0 fully saturated rings. The minimum atomic E-state index is -0.539. The van der Waals surface area contributed by atoms with Gasteiger partial charge in [0.15, 0.2) is 0 Å². The molecule has 5 heteroatoms. The summed E-state index contributed by atoms with van der Waals surface area (Å²) in [5.74, 6) is 0.543. The zero-order valence-electron chi connectivity index (χ0n) is 14.8. The van der Waals surface area contributed by atoms with Crippen molar-refractivity contribution in [2.45, 2.75) is 53.1 Å². The van der Waals surface area contributed by atoms with E-state index in [0.717, 1.165) is 23.1 Å². The minimum absolute atomic E-state index is 0.135. The van der Waals surface area contributed by atoms with E-state index in [4.69, 9.17) is 4.98 Å². The maximum Gasteiger partial charge on any atom is 0.261 e. The Morgan fingerprint density at radius 1 is 1.46 bits per heavy atom. The summed E-state index contributed by atoms with van der Waals surface area (Å²) >= 11 is 1.43. The number of aryl methyl sites for hydroxylation is 1. The number of aliphatic hydroxyl groups excluding tert-OH is 1. The third-order valence-electron chi connectivity index (χ3n) is 4.88. The fourth-order valence-corrected chi connectivity index (χ4v) is 4.25. The van der Waals surface area contributed by atoms with Crippen molar-refractivity contribution in [3.05, 3.63) is 28.3 Å². The molecule has 0 spiro atoms. The van der Waals surface area contributed by atoms with E-state index in [2.05, 4.69) is 32.2 Å². The monoisotopic (exact) mass is 346 g/mol. The van der Waals surface area contributed by atoms with E-state index in [1.165, 1.54) is 29.0 Å². The number of aromatic nitrogens is 1. The van der Waals surface area contributed by atoms with Crippen LogP contribution < -0.4 is 5.32 Å². The van der Waals surface area contributed by atoms with Crippen LogP contribution in [0.15, 0.2) is 12.1 Å². The molecule has 1 aliphatic rings. The van der Waals surface area contributed by atoms with Crippen LogP contribution in [0.25, 0.3) is 10.2 Å². The molecule has 0 bridgehead atoms. The standard InChI is InChI=1S/C19H26N2O2S/c1-11(22)10-20-17(23)16-9-13-7-12-8-14(19(2,3)4)5-6-15(12)21-18(13)24-16/h7,9,11,14,22H,5-6,8,10H2,1-4H3,(H,20,23). The Hall–Kier alpha value is -1.46. The summed E-state index contributed by atoms with van der Waals surface area (Å²) in [6, 6.07) is 4.14. The second kappa shape index (κ2) is 6.45. The number of hydrogen-bond donors (Lipinski definition) is 2. The number of nitrogens with one attached hydrogen (secondary N) is 1. The van der Waals surface area contributed by atoms with Crippen LogP contribution in [-0.4, -0.2) is 28.6 Å². The molecule has 2 aromatic rings. The first-order chi connectivity index (χ1) is 11.2. The van der Waals surface area contributed by atoms with Crippen molar-refractivity contribution in [1.82, 2.24) is 10.3 Å². The van der Waals surface area contributed by atoms with Crippen molar-refractivity contribution in [3.63, 3.8) is 0 Å². The van der Waals surface area contributed by atoms with Crippen molar-refractivity contribution in [1.29, 1.82) is 0 Å². The van der Waals surface area contributed by atoms with Crippen molar-refractivity contribution >= 4 is 27.5 Å². The molecule has 4 nitrogen and oxygen atoms in total. The second-order valence-electron chi connectivity index (χ2n) is 7.96. The Kier molecular flexibility index (Phi) is 4.67. The van der Waals surface area contributed by atoms with Gasteiger partial charge in [0.2, 0.25) is 0 Å². The molecule has 24 heavy (non-hydrogen) atoms. The van der Waals surface area contributed by atoms with Gasteiger partial charge in [-0.15, -0.1) is 11.3 Å². The number of rotatable bonds is 3. The fraction of sp³-hybridized carbons (Fsp3) is 0.579. The Morgan fingerprint density at radius 3 is 2.88 bits per heavy atom. The van der Waals surface area contributed by atoms with Crippen molar-refractivity contribution in [2.75, 3.05) is 6.54 Å². The van der Waals surface area contributed by atoms with Gasteiger partial charge in [-0.2, -0.15) is 0 Å². The van der Waals surface area contributed by atoms with Crippen LogP contribution in [0.4, 0.5) is 0 Å². The molecule has 130 valence electrons. The van der Waals surface area contributed by atoms with Crippen LogP contribution in [0, 0.1) is 11.3 Å². The molecule has 0 aliphatic heterocycles. The summed E-state index contributed by atoms with van der Waals surface area (Å²) in [5, 5.41) is 13.1.